The summed E-state index contributed by atoms with van der Waals surface area (Å²) in [7, 11) is 1.86. The van der Waals surface area contributed by atoms with Gasteiger partial charge in [-0.05, 0) is 43.4 Å². The fourth-order valence-electron chi connectivity index (χ4n) is 3.01. The number of carbonyl (C=O) groups is 1. The summed E-state index contributed by atoms with van der Waals surface area (Å²) in [5, 5.41) is 4.64. The zero-order valence-corrected chi connectivity index (χ0v) is 17.4. The third-order valence-corrected chi connectivity index (χ3v) is 5.22. The molecule has 0 unspecified atom stereocenters. The highest BCUT2D eigenvalue weighted by molar-refractivity contribution is 9.10. The molecule has 1 heterocycles. The van der Waals surface area contributed by atoms with E-state index in [1.807, 2.05) is 38.2 Å². The van der Waals surface area contributed by atoms with E-state index in [0.29, 0.717) is 18.9 Å². The predicted octanol–water partition coefficient (Wildman–Crippen LogP) is 4.51. The molecule has 136 valence electrons. The van der Waals surface area contributed by atoms with Gasteiger partial charge in [0.15, 0.2) is 0 Å². The molecule has 0 fully saturated rings. The quantitative estimate of drug-likeness (QED) is 0.679. The van der Waals surface area contributed by atoms with Gasteiger partial charge in [0.25, 0.3) is 0 Å². The van der Waals surface area contributed by atoms with Crippen LogP contribution in [-0.4, -0.2) is 27.6 Å². The van der Waals surface area contributed by atoms with Crippen LogP contribution in [0.4, 0.5) is 0 Å². The third-order valence-electron chi connectivity index (χ3n) is 4.45. The topological polar surface area (TPSA) is 38.1 Å². The van der Waals surface area contributed by atoms with Crippen LogP contribution in [0.15, 0.2) is 28.7 Å². The summed E-state index contributed by atoms with van der Waals surface area (Å²) in [5.74, 6) is 0.717. The van der Waals surface area contributed by atoms with Crippen molar-refractivity contribution in [1.82, 2.24) is 14.7 Å². The summed E-state index contributed by atoms with van der Waals surface area (Å²) in [6.07, 6.45) is 1.25. The van der Waals surface area contributed by atoms with Gasteiger partial charge in [-0.3, -0.25) is 9.48 Å². The summed E-state index contributed by atoms with van der Waals surface area (Å²) in [5.41, 5.74) is 4.56. The van der Waals surface area contributed by atoms with Crippen LogP contribution < -0.4 is 0 Å². The number of amides is 1. The highest BCUT2D eigenvalue weighted by Crippen LogP contribution is 2.19. The molecule has 1 amide bonds. The van der Waals surface area contributed by atoms with Crippen molar-refractivity contribution < 1.29 is 4.79 Å². The first-order chi connectivity index (χ1) is 11.8. The van der Waals surface area contributed by atoms with Crippen molar-refractivity contribution in [3.05, 3.63) is 51.3 Å². The van der Waals surface area contributed by atoms with Crippen LogP contribution >= 0.6 is 15.9 Å². The first kappa shape index (κ1) is 19.7. The monoisotopic (exact) mass is 405 g/mol. The maximum atomic E-state index is 12.5. The minimum Gasteiger partial charge on any atom is -0.341 e. The number of rotatable bonds is 7. The molecule has 0 saturated carbocycles. The fourth-order valence-corrected chi connectivity index (χ4v) is 3.42. The van der Waals surface area contributed by atoms with E-state index in [4.69, 9.17) is 0 Å². The van der Waals surface area contributed by atoms with E-state index in [9.17, 15) is 4.79 Å². The van der Waals surface area contributed by atoms with E-state index in [-0.39, 0.29) is 5.91 Å². The molecule has 0 aliphatic heterocycles. The number of aryl methyl sites for hydroxylation is 1. The molecule has 5 heteroatoms. The molecule has 0 aliphatic carbocycles. The Morgan fingerprint density at radius 2 is 1.96 bits per heavy atom. The molecule has 4 nitrogen and oxygen atoms in total. The average Bonchev–Trinajstić information content (AvgIpc) is 2.80. The van der Waals surface area contributed by atoms with Crippen molar-refractivity contribution in [1.29, 1.82) is 0 Å². The molecule has 1 aromatic heterocycles. The molecule has 25 heavy (non-hydrogen) atoms. The van der Waals surface area contributed by atoms with Crippen molar-refractivity contribution in [2.75, 3.05) is 7.05 Å². The van der Waals surface area contributed by atoms with Crippen LogP contribution in [0.25, 0.3) is 0 Å². The number of hydrogen-bond donors (Lipinski definition) is 0. The van der Waals surface area contributed by atoms with Gasteiger partial charge < -0.3 is 4.90 Å². The van der Waals surface area contributed by atoms with E-state index in [2.05, 4.69) is 46.5 Å². The molecule has 0 aliphatic rings. The normalized spacial score (nSPS) is 11.2. The van der Waals surface area contributed by atoms with Gasteiger partial charge in [-0.1, -0.05) is 48.0 Å². The van der Waals surface area contributed by atoms with Crippen LogP contribution in [0.1, 0.15) is 42.8 Å². The highest BCUT2D eigenvalue weighted by atomic mass is 79.9. The lowest BCUT2D eigenvalue weighted by molar-refractivity contribution is -0.130. The van der Waals surface area contributed by atoms with Crippen LogP contribution in [0.5, 0.6) is 0 Å². The Bertz CT molecular complexity index is 737. The van der Waals surface area contributed by atoms with Gasteiger partial charge in [0.2, 0.25) is 5.91 Å². The zero-order valence-electron chi connectivity index (χ0n) is 15.8. The first-order valence-corrected chi connectivity index (χ1v) is 9.59. The molecule has 0 spiro atoms. The van der Waals surface area contributed by atoms with Crippen LogP contribution in [-0.2, 0) is 24.3 Å². The third kappa shape index (κ3) is 5.18. The van der Waals surface area contributed by atoms with Crippen LogP contribution in [0.2, 0.25) is 0 Å². The maximum absolute atomic E-state index is 12.5. The molecular weight excluding hydrogens is 378 g/mol. The second kappa shape index (κ2) is 8.65. The number of hydrogen-bond acceptors (Lipinski definition) is 2. The molecule has 0 radical (unpaired) electrons. The molecule has 0 saturated heterocycles. The smallest absolute Gasteiger partial charge is 0.222 e. The minimum atomic E-state index is 0.158. The molecule has 2 rings (SSSR count). The van der Waals surface area contributed by atoms with Crippen molar-refractivity contribution in [3.63, 3.8) is 0 Å². The molecule has 1 aromatic carbocycles. The largest absolute Gasteiger partial charge is 0.341 e. The number of benzene rings is 1. The van der Waals surface area contributed by atoms with Crippen molar-refractivity contribution in [2.24, 2.45) is 5.92 Å². The number of aromatic nitrogens is 2. The molecule has 0 atom stereocenters. The second-order valence-corrected chi connectivity index (χ2v) is 7.92. The second-order valence-electron chi connectivity index (χ2n) is 7.07. The summed E-state index contributed by atoms with van der Waals surface area (Å²) in [6, 6.07) is 8.02. The Morgan fingerprint density at radius 1 is 1.28 bits per heavy atom. The maximum Gasteiger partial charge on any atom is 0.222 e. The van der Waals surface area contributed by atoms with Gasteiger partial charge in [0, 0.05) is 36.7 Å². The van der Waals surface area contributed by atoms with Gasteiger partial charge in [-0.25, -0.2) is 0 Å². The van der Waals surface area contributed by atoms with Gasteiger partial charge in [0.05, 0.1) is 5.69 Å². The van der Waals surface area contributed by atoms with Gasteiger partial charge >= 0.3 is 0 Å². The Balaban J connectivity index is 1.98. The van der Waals surface area contributed by atoms with Crippen LogP contribution in [0, 0.1) is 19.8 Å². The fraction of sp³-hybridized carbons (Fsp3) is 0.500. The van der Waals surface area contributed by atoms with Gasteiger partial charge in [0.1, 0.15) is 0 Å². The summed E-state index contributed by atoms with van der Waals surface area (Å²) < 4.78 is 3.11. The lowest BCUT2D eigenvalue weighted by atomic mass is 10.1. The average molecular weight is 406 g/mol. The van der Waals surface area contributed by atoms with Crippen molar-refractivity contribution >= 4 is 21.8 Å². The van der Waals surface area contributed by atoms with Crippen LogP contribution in [0.3, 0.4) is 0 Å². The summed E-state index contributed by atoms with van der Waals surface area (Å²) in [6.45, 7) is 10.1. The highest BCUT2D eigenvalue weighted by Gasteiger charge is 2.16. The molecule has 2 aromatic rings. The van der Waals surface area contributed by atoms with E-state index >= 15 is 0 Å². The summed E-state index contributed by atoms with van der Waals surface area (Å²) >= 11 is 3.54. The van der Waals surface area contributed by atoms with Crippen molar-refractivity contribution in [2.45, 2.75) is 53.6 Å². The van der Waals surface area contributed by atoms with Crippen molar-refractivity contribution in [3.8, 4) is 0 Å². The Kier molecular flexibility index (Phi) is 6.82. The van der Waals surface area contributed by atoms with Gasteiger partial charge in [-0.2, -0.15) is 5.10 Å². The van der Waals surface area contributed by atoms with Gasteiger partial charge in [-0.15, -0.1) is 0 Å². The van der Waals surface area contributed by atoms with E-state index in [1.165, 1.54) is 11.3 Å². The number of nitrogens with zero attached hydrogens (tertiary/aromatic N) is 3. The molecule has 0 bridgehead atoms. The molecular formula is C20H28BrN3O. The zero-order chi connectivity index (χ0) is 18.6. The van der Waals surface area contributed by atoms with E-state index in [1.54, 1.807) is 4.90 Å². The first-order valence-electron chi connectivity index (χ1n) is 8.79. The predicted molar refractivity (Wildman–Crippen MR) is 105 cm³/mol. The molecule has 0 N–H and O–H groups in total. The Morgan fingerprint density at radius 3 is 2.60 bits per heavy atom. The standard InChI is InChI=1S/C20H28BrN3O/c1-14(2)12-24-16(4)18(15(3)22-24)10-11-20(25)23(5)13-17-8-6-7-9-19(17)21/h6-9,14H,10-13H2,1-5H3. The minimum absolute atomic E-state index is 0.158. The Hall–Kier alpha value is -1.62. The summed E-state index contributed by atoms with van der Waals surface area (Å²) in [4.78, 5) is 14.3. The van der Waals surface area contributed by atoms with E-state index in [0.717, 1.165) is 28.7 Å². The number of carbonyl (C=O) groups excluding carboxylic acids is 1. The lowest BCUT2D eigenvalue weighted by Gasteiger charge is -2.18. The van der Waals surface area contributed by atoms with E-state index < -0.39 is 0 Å². The SMILES string of the molecule is Cc1nn(CC(C)C)c(C)c1CCC(=O)N(C)Cc1ccccc1Br. The Labute approximate surface area is 159 Å². The number of halogens is 1. The lowest BCUT2D eigenvalue weighted by Crippen LogP contribution is -2.26.